The maximum absolute atomic E-state index is 13.1. The van der Waals surface area contributed by atoms with Crippen LogP contribution < -0.4 is 10.1 Å². The first-order chi connectivity index (χ1) is 19.0. The summed E-state index contributed by atoms with van der Waals surface area (Å²) in [4.78, 5) is 32.2. The fraction of sp³-hybridized carbons (Fsp3) is 0.258. The van der Waals surface area contributed by atoms with Crippen LogP contribution >= 0.6 is 22.9 Å². The van der Waals surface area contributed by atoms with Gasteiger partial charge in [-0.1, -0.05) is 73.1 Å². The number of ether oxygens (including phenoxy) is 1. The molecule has 0 atom stereocenters. The molecule has 4 aromatic rings. The van der Waals surface area contributed by atoms with Gasteiger partial charge in [0.15, 0.2) is 6.61 Å². The van der Waals surface area contributed by atoms with Crippen molar-refractivity contribution in [2.45, 2.75) is 32.1 Å². The summed E-state index contributed by atoms with van der Waals surface area (Å²) in [6.07, 6.45) is 2.57. The Morgan fingerprint density at radius 2 is 1.74 bits per heavy atom. The van der Waals surface area contributed by atoms with E-state index in [0.29, 0.717) is 29.6 Å². The Bertz CT molecular complexity index is 1450. The third-order valence-corrected chi connectivity index (χ3v) is 8.31. The number of nitrogens with zero attached hydrogens (tertiary/aromatic N) is 2. The zero-order chi connectivity index (χ0) is 27.2. The third-order valence-electron chi connectivity index (χ3n) is 6.99. The van der Waals surface area contributed by atoms with Gasteiger partial charge in [-0.3, -0.25) is 9.59 Å². The standard InChI is InChI=1S/C31H30ClN3O3S/c1-2-21-11-13-22(14-12-21)24-7-3-5-9-26(24)33-30(37)27-20-39-31(34-27)23-15-17-35(18-16-23)29(36)19-38-28-10-6-4-8-25(28)32/h3-14,20,23H,2,15-19H2,1H3,(H,33,37). The summed E-state index contributed by atoms with van der Waals surface area (Å²) in [5.41, 5.74) is 4.47. The SMILES string of the molecule is CCc1ccc(-c2ccccc2NC(=O)c2csc(C3CCN(C(=O)COc4ccccc4Cl)CC3)n2)cc1. The molecule has 39 heavy (non-hydrogen) atoms. The van der Waals surface area contributed by atoms with Gasteiger partial charge in [-0.15, -0.1) is 11.3 Å². The van der Waals surface area contributed by atoms with E-state index in [1.807, 2.05) is 46.7 Å². The lowest BCUT2D eigenvalue weighted by atomic mass is 9.97. The van der Waals surface area contributed by atoms with E-state index in [9.17, 15) is 9.59 Å². The lowest BCUT2D eigenvalue weighted by Crippen LogP contribution is -2.40. The molecule has 1 saturated heterocycles. The van der Waals surface area contributed by atoms with E-state index in [2.05, 4.69) is 41.5 Å². The molecule has 0 unspecified atom stereocenters. The normalized spacial score (nSPS) is 13.7. The molecular formula is C31H30ClN3O3S. The molecule has 0 spiro atoms. The van der Waals surface area contributed by atoms with Crippen LogP contribution in [0.4, 0.5) is 5.69 Å². The van der Waals surface area contributed by atoms with Gasteiger partial charge < -0.3 is 15.0 Å². The second kappa shape index (κ2) is 12.5. The van der Waals surface area contributed by atoms with Crippen molar-refractivity contribution in [3.8, 4) is 16.9 Å². The first-order valence-corrected chi connectivity index (χ1v) is 14.4. The Kier molecular flexibility index (Phi) is 8.59. The molecule has 200 valence electrons. The molecule has 2 amide bonds. The molecule has 3 aromatic carbocycles. The Morgan fingerprint density at radius 1 is 1.03 bits per heavy atom. The van der Waals surface area contributed by atoms with Crippen molar-refractivity contribution in [2.75, 3.05) is 25.0 Å². The highest BCUT2D eigenvalue weighted by Crippen LogP contribution is 2.32. The molecule has 6 nitrogen and oxygen atoms in total. The van der Waals surface area contributed by atoms with Crippen molar-refractivity contribution in [1.29, 1.82) is 0 Å². The summed E-state index contributed by atoms with van der Waals surface area (Å²) < 4.78 is 5.61. The van der Waals surface area contributed by atoms with Crippen LogP contribution in [0.3, 0.4) is 0 Å². The number of para-hydroxylation sites is 2. The van der Waals surface area contributed by atoms with Crippen LogP contribution in [0.1, 0.15) is 46.7 Å². The number of aromatic nitrogens is 1. The quantitative estimate of drug-likeness (QED) is 0.251. The Labute approximate surface area is 237 Å². The van der Waals surface area contributed by atoms with E-state index in [4.69, 9.17) is 16.3 Å². The zero-order valence-electron chi connectivity index (χ0n) is 21.7. The van der Waals surface area contributed by atoms with Gasteiger partial charge in [0.2, 0.25) is 0 Å². The van der Waals surface area contributed by atoms with Crippen LogP contribution in [-0.2, 0) is 11.2 Å². The number of halogens is 1. The average Bonchev–Trinajstić information content (AvgIpc) is 3.48. The summed E-state index contributed by atoms with van der Waals surface area (Å²) in [7, 11) is 0. The predicted molar refractivity (Wildman–Crippen MR) is 157 cm³/mol. The Morgan fingerprint density at radius 3 is 2.49 bits per heavy atom. The first kappa shape index (κ1) is 26.9. The van der Waals surface area contributed by atoms with Crippen molar-refractivity contribution in [3.63, 3.8) is 0 Å². The molecule has 8 heteroatoms. The first-order valence-electron chi connectivity index (χ1n) is 13.1. The highest BCUT2D eigenvalue weighted by Gasteiger charge is 2.27. The van der Waals surface area contributed by atoms with E-state index in [1.165, 1.54) is 16.9 Å². The largest absolute Gasteiger partial charge is 0.482 e. The summed E-state index contributed by atoms with van der Waals surface area (Å²) in [6.45, 7) is 3.34. The number of nitrogens with one attached hydrogen (secondary N) is 1. The van der Waals surface area contributed by atoms with Crippen molar-refractivity contribution >= 4 is 40.4 Å². The summed E-state index contributed by atoms with van der Waals surface area (Å²) in [5, 5.41) is 6.29. The van der Waals surface area contributed by atoms with Gasteiger partial charge in [-0.25, -0.2) is 4.98 Å². The lowest BCUT2D eigenvalue weighted by molar-refractivity contribution is -0.134. The van der Waals surface area contributed by atoms with Gasteiger partial charge in [0.05, 0.1) is 10.0 Å². The van der Waals surface area contributed by atoms with Crippen LogP contribution in [-0.4, -0.2) is 41.4 Å². The van der Waals surface area contributed by atoms with Crippen LogP contribution in [0, 0.1) is 0 Å². The molecule has 0 radical (unpaired) electrons. The molecular weight excluding hydrogens is 530 g/mol. The highest BCUT2D eigenvalue weighted by atomic mass is 35.5. The zero-order valence-corrected chi connectivity index (χ0v) is 23.3. The molecule has 0 aliphatic carbocycles. The van der Waals surface area contributed by atoms with Crippen molar-refractivity contribution in [3.05, 3.63) is 99.5 Å². The number of carbonyl (C=O) groups excluding carboxylic acids is 2. The minimum atomic E-state index is -0.223. The fourth-order valence-electron chi connectivity index (χ4n) is 4.70. The molecule has 5 rings (SSSR count). The highest BCUT2D eigenvalue weighted by molar-refractivity contribution is 7.10. The van der Waals surface area contributed by atoms with E-state index >= 15 is 0 Å². The molecule has 1 N–H and O–H groups in total. The minimum absolute atomic E-state index is 0.0415. The second-order valence-electron chi connectivity index (χ2n) is 9.50. The number of amides is 2. The lowest BCUT2D eigenvalue weighted by Gasteiger charge is -2.31. The summed E-state index contributed by atoms with van der Waals surface area (Å²) >= 11 is 7.62. The van der Waals surface area contributed by atoms with Crippen molar-refractivity contribution in [2.24, 2.45) is 0 Å². The van der Waals surface area contributed by atoms with E-state index < -0.39 is 0 Å². The van der Waals surface area contributed by atoms with Crippen LogP contribution in [0.5, 0.6) is 5.75 Å². The number of anilines is 1. The molecule has 1 aliphatic heterocycles. The summed E-state index contributed by atoms with van der Waals surface area (Å²) in [5.74, 6) is 0.442. The average molecular weight is 560 g/mol. The third kappa shape index (κ3) is 6.49. The molecule has 0 bridgehead atoms. The van der Waals surface area contributed by atoms with Crippen molar-refractivity contribution in [1.82, 2.24) is 9.88 Å². The smallest absolute Gasteiger partial charge is 0.275 e. The maximum atomic E-state index is 13.1. The van der Waals surface area contributed by atoms with E-state index in [-0.39, 0.29) is 24.3 Å². The molecule has 1 aliphatic rings. The van der Waals surface area contributed by atoms with Crippen LogP contribution in [0.2, 0.25) is 5.02 Å². The number of likely N-dealkylation sites (tertiary alicyclic amines) is 1. The van der Waals surface area contributed by atoms with Crippen molar-refractivity contribution < 1.29 is 14.3 Å². The molecule has 1 aromatic heterocycles. The van der Waals surface area contributed by atoms with E-state index in [0.717, 1.165) is 41.1 Å². The minimum Gasteiger partial charge on any atom is -0.482 e. The Hall–Kier alpha value is -3.68. The van der Waals surface area contributed by atoms with Gasteiger partial charge in [0.25, 0.3) is 11.8 Å². The monoisotopic (exact) mass is 559 g/mol. The van der Waals surface area contributed by atoms with Gasteiger partial charge in [0.1, 0.15) is 11.4 Å². The second-order valence-corrected chi connectivity index (χ2v) is 10.8. The number of hydrogen-bond acceptors (Lipinski definition) is 5. The number of benzene rings is 3. The number of aryl methyl sites for hydroxylation is 1. The number of piperidine rings is 1. The number of hydrogen-bond donors (Lipinski definition) is 1. The van der Waals surface area contributed by atoms with Crippen LogP contribution in [0.15, 0.2) is 78.2 Å². The van der Waals surface area contributed by atoms with Gasteiger partial charge in [-0.2, -0.15) is 0 Å². The number of thiazole rings is 1. The van der Waals surface area contributed by atoms with Gasteiger partial charge in [-0.05, 0) is 48.6 Å². The number of rotatable bonds is 8. The molecule has 0 saturated carbocycles. The van der Waals surface area contributed by atoms with Crippen LogP contribution in [0.25, 0.3) is 11.1 Å². The molecule has 2 heterocycles. The number of carbonyl (C=O) groups is 2. The van der Waals surface area contributed by atoms with E-state index in [1.54, 1.807) is 12.1 Å². The predicted octanol–water partition coefficient (Wildman–Crippen LogP) is 7.06. The van der Waals surface area contributed by atoms with Gasteiger partial charge >= 0.3 is 0 Å². The fourth-order valence-corrected chi connectivity index (χ4v) is 5.86. The maximum Gasteiger partial charge on any atom is 0.275 e. The topological polar surface area (TPSA) is 71.5 Å². The molecule has 1 fully saturated rings. The summed E-state index contributed by atoms with van der Waals surface area (Å²) in [6, 6.07) is 23.4. The Balaban J connectivity index is 1.17. The van der Waals surface area contributed by atoms with Gasteiger partial charge in [0, 0.05) is 35.6 Å².